The molecule has 0 radical (unpaired) electrons. The van der Waals surface area contributed by atoms with E-state index in [9.17, 15) is 0 Å². The van der Waals surface area contributed by atoms with E-state index in [2.05, 4.69) is 6.92 Å². The highest BCUT2D eigenvalue weighted by molar-refractivity contribution is 7.99. The predicted octanol–water partition coefficient (Wildman–Crippen LogP) is 3.88. The smallest absolute Gasteiger partial charge is 0.137 e. The molecule has 0 unspecified atom stereocenters. The minimum absolute atomic E-state index is 0.00232. The zero-order chi connectivity index (χ0) is 12.7. The molecule has 0 heterocycles. The molecule has 0 aliphatic heterocycles. The van der Waals surface area contributed by atoms with Crippen LogP contribution in [0.25, 0.3) is 0 Å². The molecule has 17 heavy (non-hydrogen) atoms. The first-order valence-corrected chi connectivity index (χ1v) is 7.44. The zero-order valence-electron chi connectivity index (χ0n) is 10.4. The third-order valence-corrected chi connectivity index (χ3v) is 3.66. The number of ether oxygens (including phenoxy) is 1. The van der Waals surface area contributed by atoms with Crippen molar-refractivity contribution in [3.8, 4) is 5.75 Å². The van der Waals surface area contributed by atoms with Crippen LogP contribution >= 0.6 is 23.4 Å². The largest absolute Gasteiger partial charge is 0.492 e. The summed E-state index contributed by atoms with van der Waals surface area (Å²) >= 11 is 8.05. The average molecular weight is 274 g/mol. The minimum atomic E-state index is 0.00232. The molecular weight excluding hydrogens is 254 g/mol. The maximum absolute atomic E-state index is 6.13. The van der Waals surface area contributed by atoms with Gasteiger partial charge in [-0.15, -0.1) is 0 Å². The highest BCUT2D eigenvalue weighted by atomic mass is 35.5. The maximum atomic E-state index is 6.13. The number of halogens is 1. The van der Waals surface area contributed by atoms with Crippen molar-refractivity contribution in [2.45, 2.75) is 26.3 Å². The van der Waals surface area contributed by atoms with E-state index in [-0.39, 0.29) is 6.04 Å². The molecule has 1 atom stereocenters. The van der Waals surface area contributed by atoms with Gasteiger partial charge in [0.1, 0.15) is 5.75 Å². The summed E-state index contributed by atoms with van der Waals surface area (Å²) in [6, 6.07) is 5.74. The van der Waals surface area contributed by atoms with Crippen LogP contribution in [0.3, 0.4) is 0 Å². The standard InChI is InChI=1S/C13H20ClNOS/c1-3-17-8-4-7-16-13-6-5-11(10(2)15)9-12(13)14/h5-6,9-10H,3-4,7-8,15H2,1-2H3/t10-/m0/s1. The van der Waals surface area contributed by atoms with Gasteiger partial charge in [0.2, 0.25) is 0 Å². The van der Waals surface area contributed by atoms with Gasteiger partial charge in [-0.05, 0) is 42.5 Å². The van der Waals surface area contributed by atoms with E-state index in [0.29, 0.717) is 11.6 Å². The second-order valence-corrected chi connectivity index (χ2v) is 5.68. The SMILES string of the molecule is CCSCCCOc1ccc([C@H](C)N)cc1Cl. The van der Waals surface area contributed by atoms with E-state index in [1.54, 1.807) is 0 Å². The Morgan fingerprint density at radius 1 is 1.47 bits per heavy atom. The van der Waals surface area contributed by atoms with Gasteiger partial charge in [-0.25, -0.2) is 0 Å². The van der Waals surface area contributed by atoms with Crippen molar-refractivity contribution in [1.82, 2.24) is 0 Å². The summed E-state index contributed by atoms with van der Waals surface area (Å²) in [5.74, 6) is 3.04. The Kier molecular flexibility index (Phi) is 6.78. The third kappa shape index (κ3) is 5.19. The van der Waals surface area contributed by atoms with Crippen molar-refractivity contribution >= 4 is 23.4 Å². The fraction of sp³-hybridized carbons (Fsp3) is 0.538. The average Bonchev–Trinajstić information content (AvgIpc) is 2.30. The van der Waals surface area contributed by atoms with Crippen LogP contribution in [-0.2, 0) is 0 Å². The van der Waals surface area contributed by atoms with Crippen molar-refractivity contribution in [1.29, 1.82) is 0 Å². The summed E-state index contributed by atoms with van der Waals surface area (Å²) in [5, 5.41) is 0.642. The molecular formula is C13H20ClNOS. The molecule has 0 aliphatic carbocycles. The lowest BCUT2D eigenvalue weighted by molar-refractivity contribution is 0.319. The van der Waals surface area contributed by atoms with Crippen molar-refractivity contribution in [2.75, 3.05) is 18.1 Å². The molecule has 2 N–H and O–H groups in total. The van der Waals surface area contributed by atoms with E-state index < -0.39 is 0 Å². The third-order valence-electron chi connectivity index (χ3n) is 2.38. The Labute approximate surface area is 113 Å². The molecule has 0 spiro atoms. The second-order valence-electron chi connectivity index (χ2n) is 3.88. The van der Waals surface area contributed by atoms with Gasteiger partial charge in [-0.3, -0.25) is 0 Å². The van der Waals surface area contributed by atoms with Crippen LogP contribution in [-0.4, -0.2) is 18.1 Å². The lowest BCUT2D eigenvalue weighted by Crippen LogP contribution is -2.05. The molecule has 0 saturated carbocycles. The van der Waals surface area contributed by atoms with E-state index in [1.165, 1.54) is 0 Å². The van der Waals surface area contributed by atoms with Gasteiger partial charge in [0.05, 0.1) is 11.6 Å². The van der Waals surface area contributed by atoms with Crippen LogP contribution in [0.15, 0.2) is 18.2 Å². The Bertz CT molecular complexity index is 344. The van der Waals surface area contributed by atoms with E-state index in [1.807, 2.05) is 36.9 Å². The van der Waals surface area contributed by atoms with Crippen LogP contribution in [0.5, 0.6) is 5.75 Å². The van der Waals surface area contributed by atoms with Crippen LogP contribution in [0, 0.1) is 0 Å². The summed E-state index contributed by atoms with van der Waals surface area (Å²) in [7, 11) is 0. The van der Waals surface area contributed by atoms with Crippen LogP contribution < -0.4 is 10.5 Å². The lowest BCUT2D eigenvalue weighted by atomic mass is 10.1. The van der Waals surface area contributed by atoms with Crippen molar-refractivity contribution in [2.24, 2.45) is 5.73 Å². The molecule has 0 saturated heterocycles. The van der Waals surface area contributed by atoms with Gasteiger partial charge in [-0.1, -0.05) is 24.6 Å². The Hall–Kier alpha value is -0.380. The van der Waals surface area contributed by atoms with E-state index in [4.69, 9.17) is 22.1 Å². The van der Waals surface area contributed by atoms with Gasteiger partial charge in [-0.2, -0.15) is 11.8 Å². The van der Waals surface area contributed by atoms with Crippen molar-refractivity contribution in [3.05, 3.63) is 28.8 Å². The molecule has 0 amide bonds. The Morgan fingerprint density at radius 3 is 2.82 bits per heavy atom. The number of rotatable bonds is 7. The molecule has 0 aliphatic rings. The first kappa shape index (κ1) is 14.7. The van der Waals surface area contributed by atoms with E-state index >= 15 is 0 Å². The van der Waals surface area contributed by atoms with Gasteiger partial charge in [0.15, 0.2) is 0 Å². The number of thioether (sulfide) groups is 1. The highest BCUT2D eigenvalue weighted by Gasteiger charge is 2.05. The summed E-state index contributed by atoms with van der Waals surface area (Å²) < 4.78 is 5.63. The molecule has 96 valence electrons. The Morgan fingerprint density at radius 2 is 2.24 bits per heavy atom. The monoisotopic (exact) mass is 273 g/mol. The topological polar surface area (TPSA) is 35.2 Å². The second kappa shape index (κ2) is 7.85. The molecule has 0 fully saturated rings. The normalized spacial score (nSPS) is 12.5. The maximum Gasteiger partial charge on any atom is 0.137 e. The van der Waals surface area contributed by atoms with Gasteiger partial charge in [0, 0.05) is 6.04 Å². The predicted molar refractivity (Wildman–Crippen MR) is 77.2 cm³/mol. The number of hydrogen-bond acceptors (Lipinski definition) is 3. The first-order valence-electron chi connectivity index (χ1n) is 5.90. The fourth-order valence-corrected chi connectivity index (χ4v) is 2.26. The van der Waals surface area contributed by atoms with Crippen LogP contribution in [0.4, 0.5) is 0 Å². The number of benzene rings is 1. The van der Waals surface area contributed by atoms with Gasteiger partial charge < -0.3 is 10.5 Å². The van der Waals surface area contributed by atoms with Gasteiger partial charge >= 0.3 is 0 Å². The van der Waals surface area contributed by atoms with Crippen LogP contribution in [0.1, 0.15) is 31.9 Å². The van der Waals surface area contributed by atoms with Crippen LogP contribution in [0.2, 0.25) is 5.02 Å². The van der Waals surface area contributed by atoms with Crippen molar-refractivity contribution in [3.63, 3.8) is 0 Å². The fourth-order valence-electron chi connectivity index (χ4n) is 1.40. The summed E-state index contributed by atoms with van der Waals surface area (Å²) in [4.78, 5) is 0. The minimum Gasteiger partial charge on any atom is -0.492 e. The Balaban J connectivity index is 2.43. The zero-order valence-corrected chi connectivity index (χ0v) is 12.0. The van der Waals surface area contributed by atoms with E-state index in [0.717, 1.165) is 29.2 Å². The molecule has 2 nitrogen and oxygen atoms in total. The summed E-state index contributed by atoms with van der Waals surface area (Å²) in [5.41, 5.74) is 6.82. The quantitative estimate of drug-likeness (QED) is 0.766. The summed E-state index contributed by atoms with van der Waals surface area (Å²) in [6.45, 7) is 4.81. The van der Waals surface area contributed by atoms with Gasteiger partial charge in [0.25, 0.3) is 0 Å². The number of hydrogen-bond donors (Lipinski definition) is 1. The first-order chi connectivity index (χ1) is 8.15. The molecule has 4 heteroatoms. The molecule has 1 aromatic rings. The highest BCUT2D eigenvalue weighted by Crippen LogP contribution is 2.27. The lowest BCUT2D eigenvalue weighted by Gasteiger charge is -2.11. The molecule has 0 bridgehead atoms. The number of nitrogens with two attached hydrogens (primary N) is 1. The summed E-state index contributed by atoms with van der Waals surface area (Å²) in [6.07, 6.45) is 1.05. The molecule has 1 rings (SSSR count). The molecule has 0 aromatic heterocycles. The van der Waals surface area contributed by atoms with Crippen molar-refractivity contribution < 1.29 is 4.74 Å². The molecule has 1 aromatic carbocycles.